The number of rotatable bonds is 5. The van der Waals surface area contributed by atoms with Crippen molar-refractivity contribution >= 4 is 17.7 Å². The van der Waals surface area contributed by atoms with E-state index >= 15 is 0 Å². The van der Waals surface area contributed by atoms with Crippen molar-refractivity contribution in [1.82, 2.24) is 0 Å². The molecule has 0 aliphatic carbocycles. The van der Waals surface area contributed by atoms with Crippen molar-refractivity contribution in [3.05, 3.63) is 29.8 Å². The number of halogens is 2. The second-order valence-electron chi connectivity index (χ2n) is 3.12. The van der Waals surface area contributed by atoms with E-state index in [1.54, 1.807) is 18.2 Å². The number of hydrogen-bond acceptors (Lipinski definition) is 3. The lowest BCUT2D eigenvalue weighted by molar-refractivity contribution is -0.137. The lowest BCUT2D eigenvalue weighted by Gasteiger charge is -2.13. The topological polar surface area (TPSA) is 63.3 Å². The minimum atomic E-state index is -2.54. The zero-order chi connectivity index (χ0) is 12.1. The van der Waals surface area contributed by atoms with Gasteiger partial charge in [0, 0.05) is 10.9 Å². The summed E-state index contributed by atoms with van der Waals surface area (Å²) < 4.78 is 24.5. The molecular weight excluding hydrogens is 236 g/mol. The van der Waals surface area contributed by atoms with Gasteiger partial charge < -0.3 is 10.8 Å². The number of carbonyl (C=O) groups is 1. The summed E-state index contributed by atoms with van der Waals surface area (Å²) >= 11 is 0.374. The van der Waals surface area contributed by atoms with Crippen LogP contribution in [-0.2, 0) is 4.79 Å². The second kappa shape index (κ2) is 5.81. The van der Waals surface area contributed by atoms with Crippen molar-refractivity contribution < 1.29 is 18.7 Å². The summed E-state index contributed by atoms with van der Waals surface area (Å²) in [7, 11) is 0. The van der Waals surface area contributed by atoms with E-state index in [2.05, 4.69) is 0 Å². The van der Waals surface area contributed by atoms with Gasteiger partial charge in [0.05, 0.1) is 6.42 Å². The van der Waals surface area contributed by atoms with Crippen LogP contribution in [0, 0.1) is 0 Å². The monoisotopic (exact) mass is 247 g/mol. The first-order chi connectivity index (χ1) is 7.50. The van der Waals surface area contributed by atoms with Crippen molar-refractivity contribution in [2.75, 3.05) is 0 Å². The van der Waals surface area contributed by atoms with Crippen LogP contribution in [-0.4, -0.2) is 16.8 Å². The fraction of sp³-hybridized carbons (Fsp3) is 0.300. The molecule has 3 nitrogen and oxygen atoms in total. The van der Waals surface area contributed by atoms with E-state index < -0.39 is 17.8 Å². The summed E-state index contributed by atoms with van der Waals surface area (Å²) in [6, 6.07) is 5.57. The molecule has 88 valence electrons. The predicted molar refractivity (Wildman–Crippen MR) is 57.5 cm³/mol. The number of thioether (sulfide) groups is 1. The van der Waals surface area contributed by atoms with Crippen LogP contribution in [0.2, 0.25) is 0 Å². The molecule has 0 aromatic heterocycles. The number of alkyl halides is 2. The molecule has 0 heterocycles. The zero-order valence-electron chi connectivity index (χ0n) is 8.27. The van der Waals surface area contributed by atoms with Crippen LogP contribution in [0.1, 0.15) is 18.0 Å². The minimum absolute atomic E-state index is 0.277. The summed E-state index contributed by atoms with van der Waals surface area (Å²) in [6.45, 7) is 0. The number of hydrogen-bond donors (Lipinski definition) is 2. The number of benzene rings is 1. The van der Waals surface area contributed by atoms with Crippen LogP contribution in [0.5, 0.6) is 0 Å². The third kappa shape index (κ3) is 3.79. The van der Waals surface area contributed by atoms with Gasteiger partial charge in [0.1, 0.15) is 0 Å². The highest BCUT2D eigenvalue weighted by Crippen LogP contribution is 2.31. The number of aliphatic carboxylic acids is 1. The Kier molecular flexibility index (Phi) is 4.70. The zero-order valence-corrected chi connectivity index (χ0v) is 9.08. The molecule has 1 aromatic rings. The second-order valence-corrected chi connectivity index (χ2v) is 4.15. The average Bonchev–Trinajstić information content (AvgIpc) is 2.16. The molecule has 16 heavy (non-hydrogen) atoms. The first kappa shape index (κ1) is 12.9. The van der Waals surface area contributed by atoms with Crippen LogP contribution >= 0.6 is 11.8 Å². The Morgan fingerprint density at radius 3 is 2.62 bits per heavy atom. The van der Waals surface area contributed by atoms with Crippen molar-refractivity contribution in [3.8, 4) is 0 Å². The van der Waals surface area contributed by atoms with Gasteiger partial charge in [-0.3, -0.25) is 4.79 Å². The highest BCUT2D eigenvalue weighted by Gasteiger charge is 2.16. The first-order valence-electron chi connectivity index (χ1n) is 4.52. The maximum Gasteiger partial charge on any atom is 0.305 e. The number of carboxylic acid groups (broad SMARTS) is 1. The molecule has 0 saturated carbocycles. The van der Waals surface area contributed by atoms with Crippen LogP contribution in [0.4, 0.5) is 8.78 Å². The molecule has 0 fully saturated rings. The third-order valence-corrected chi connectivity index (χ3v) is 2.73. The molecule has 6 heteroatoms. The fourth-order valence-electron chi connectivity index (χ4n) is 1.29. The summed E-state index contributed by atoms with van der Waals surface area (Å²) in [6.07, 6.45) is -0.277. The third-order valence-electron chi connectivity index (χ3n) is 1.93. The Morgan fingerprint density at radius 2 is 2.06 bits per heavy atom. The van der Waals surface area contributed by atoms with Crippen LogP contribution in [0.3, 0.4) is 0 Å². The highest BCUT2D eigenvalue weighted by molar-refractivity contribution is 7.99. The molecule has 3 N–H and O–H groups in total. The highest BCUT2D eigenvalue weighted by atomic mass is 32.2. The van der Waals surface area contributed by atoms with Gasteiger partial charge in [-0.05, 0) is 11.6 Å². The number of nitrogens with two attached hydrogens (primary N) is 1. The van der Waals surface area contributed by atoms with Gasteiger partial charge in [0.2, 0.25) is 0 Å². The molecule has 0 aliphatic heterocycles. The van der Waals surface area contributed by atoms with Gasteiger partial charge in [0.15, 0.2) is 0 Å². The summed E-state index contributed by atoms with van der Waals surface area (Å²) in [5.41, 5.74) is 6.07. The quantitative estimate of drug-likeness (QED) is 0.784. The Morgan fingerprint density at radius 1 is 1.44 bits per heavy atom. The van der Waals surface area contributed by atoms with Crippen LogP contribution in [0.25, 0.3) is 0 Å². The molecule has 0 aliphatic rings. The first-order valence-corrected chi connectivity index (χ1v) is 5.39. The van der Waals surface area contributed by atoms with Crippen LogP contribution < -0.4 is 5.73 Å². The lowest BCUT2D eigenvalue weighted by Crippen LogP contribution is -2.15. The average molecular weight is 247 g/mol. The summed E-state index contributed by atoms with van der Waals surface area (Å²) in [5, 5.41) is 8.58. The Balaban J connectivity index is 2.89. The molecule has 0 saturated heterocycles. The van der Waals surface area contributed by atoms with Gasteiger partial charge in [0.25, 0.3) is 5.76 Å². The van der Waals surface area contributed by atoms with Gasteiger partial charge in [-0.15, -0.1) is 0 Å². The predicted octanol–water partition coefficient (Wildman–Crippen LogP) is 2.48. The summed E-state index contributed by atoms with van der Waals surface area (Å²) in [4.78, 5) is 10.8. The van der Waals surface area contributed by atoms with Gasteiger partial charge >= 0.3 is 5.97 Å². The molecule has 0 amide bonds. The Hall–Kier alpha value is -1.14. The molecule has 0 bridgehead atoms. The van der Waals surface area contributed by atoms with E-state index in [0.717, 1.165) is 0 Å². The maximum absolute atomic E-state index is 12.2. The van der Waals surface area contributed by atoms with Crippen molar-refractivity contribution in [2.24, 2.45) is 5.73 Å². The van der Waals surface area contributed by atoms with E-state index in [1.165, 1.54) is 6.07 Å². The van der Waals surface area contributed by atoms with Gasteiger partial charge in [-0.2, -0.15) is 8.78 Å². The SMILES string of the molecule is NC(CC(=O)O)c1ccccc1SC(F)F. The van der Waals surface area contributed by atoms with E-state index in [-0.39, 0.29) is 6.42 Å². The smallest absolute Gasteiger partial charge is 0.305 e. The normalized spacial score (nSPS) is 12.8. The number of carboxylic acids is 1. The molecular formula is C10H11F2NO2S. The lowest BCUT2D eigenvalue weighted by atomic mass is 10.1. The molecule has 0 radical (unpaired) electrons. The minimum Gasteiger partial charge on any atom is -0.481 e. The van der Waals surface area contributed by atoms with E-state index in [9.17, 15) is 13.6 Å². The molecule has 1 aromatic carbocycles. The standard InChI is InChI=1S/C10H11F2NO2S/c11-10(12)16-8-4-2-1-3-6(8)7(13)5-9(14)15/h1-4,7,10H,5,13H2,(H,14,15). The molecule has 1 atom stereocenters. The largest absolute Gasteiger partial charge is 0.481 e. The Bertz CT molecular complexity index is 374. The van der Waals surface area contributed by atoms with Crippen molar-refractivity contribution in [2.45, 2.75) is 23.1 Å². The summed E-state index contributed by atoms with van der Waals surface area (Å²) in [5.74, 6) is -3.59. The van der Waals surface area contributed by atoms with E-state index in [0.29, 0.717) is 22.2 Å². The Labute approximate surface area is 95.6 Å². The van der Waals surface area contributed by atoms with Gasteiger partial charge in [-0.25, -0.2) is 0 Å². The van der Waals surface area contributed by atoms with Crippen molar-refractivity contribution in [1.29, 1.82) is 0 Å². The van der Waals surface area contributed by atoms with E-state index in [4.69, 9.17) is 10.8 Å². The molecule has 0 spiro atoms. The van der Waals surface area contributed by atoms with Crippen LogP contribution in [0.15, 0.2) is 29.2 Å². The maximum atomic E-state index is 12.2. The molecule has 1 rings (SSSR count). The van der Waals surface area contributed by atoms with Gasteiger partial charge in [-0.1, -0.05) is 30.0 Å². The fourth-order valence-corrected chi connectivity index (χ4v) is 1.99. The van der Waals surface area contributed by atoms with E-state index in [1.807, 2.05) is 0 Å². The molecule has 1 unspecified atom stereocenters. The van der Waals surface area contributed by atoms with Crippen molar-refractivity contribution in [3.63, 3.8) is 0 Å².